The number of ether oxygens (including phenoxy) is 1. The Morgan fingerprint density at radius 3 is 2.74 bits per heavy atom. The zero-order chi connectivity index (χ0) is 16.4. The first kappa shape index (κ1) is 16.0. The van der Waals surface area contributed by atoms with Gasteiger partial charge in [-0.05, 0) is 17.5 Å². The van der Waals surface area contributed by atoms with Crippen LogP contribution in [0.25, 0.3) is 0 Å². The van der Waals surface area contributed by atoms with E-state index < -0.39 is 16.1 Å². The van der Waals surface area contributed by atoms with Crippen molar-refractivity contribution in [2.45, 2.75) is 13.0 Å². The Hall–Kier alpha value is -1.90. The van der Waals surface area contributed by atoms with Crippen molar-refractivity contribution in [1.29, 1.82) is 0 Å². The summed E-state index contributed by atoms with van der Waals surface area (Å²) in [4.78, 5) is 12.4. The summed E-state index contributed by atoms with van der Waals surface area (Å²) in [5, 5.41) is 1.65. The lowest BCUT2D eigenvalue weighted by atomic mass is 10.0. The van der Waals surface area contributed by atoms with E-state index >= 15 is 0 Å². The first-order chi connectivity index (χ1) is 11.0. The smallest absolute Gasteiger partial charge is 0.304 e. The summed E-state index contributed by atoms with van der Waals surface area (Å²) in [6.07, 6.45) is 0.637. The molecule has 122 valence electrons. The Morgan fingerprint density at radius 1 is 1.30 bits per heavy atom. The Labute approximate surface area is 138 Å². The van der Waals surface area contributed by atoms with Crippen LogP contribution < -0.4 is 9.46 Å². The number of nitrogens with one attached hydrogen (secondary N) is 1. The molecule has 23 heavy (non-hydrogen) atoms. The molecule has 1 aliphatic heterocycles. The number of amides is 1. The second-order valence-corrected chi connectivity index (χ2v) is 7.72. The van der Waals surface area contributed by atoms with Crippen molar-refractivity contribution in [2.75, 3.05) is 13.7 Å². The van der Waals surface area contributed by atoms with E-state index in [1.54, 1.807) is 5.38 Å². The third-order valence-electron chi connectivity index (χ3n) is 3.69. The van der Waals surface area contributed by atoms with Crippen LogP contribution in [0, 0.1) is 0 Å². The summed E-state index contributed by atoms with van der Waals surface area (Å²) in [7, 11) is -2.38. The molecule has 0 saturated carbocycles. The highest BCUT2D eigenvalue weighted by Gasteiger charge is 2.28. The molecular formula is C15H16N2O4S2. The molecule has 1 aromatic heterocycles. The third-order valence-corrected chi connectivity index (χ3v) is 6.03. The van der Waals surface area contributed by atoms with E-state index in [0.717, 1.165) is 22.5 Å². The third kappa shape index (κ3) is 3.39. The Balaban J connectivity index is 1.73. The van der Waals surface area contributed by atoms with Gasteiger partial charge in [0.1, 0.15) is 5.75 Å². The molecule has 3 rings (SSSR count). The molecule has 2 heterocycles. The normalized spacial score (nSPS) is 15.0. The number of thiophene rings is 1. The second-order valence-electron chi connectivity index (χ2n) is 5.14. The van der Waals surface area contributed by atoms with Gasteiger partial charge >= 0.3 is 10.2 Å². The number of methoxy groups -OCH3 is 1. The molecule has 6 nitrogen and oxygen atoms in total. The fourth-order valence-corrected chi connectivity index (χ4v) is 4.38. The van der Waals surface area contributed by atoms with Crippen LogP contribution in [0.4, 0.5) is 0 Å². The van der Waals surface area contributed by atoms with Gasteiger partial charge in [-0.25, -0.2) is 4.72 Å². The van der Waals surface area contributed by atoms with Crippen molar-refractivity contribution < 1.29 is 17.9 Å². The van der Waals surface area contributed by atoms with Crippen molar-refractivity contribution >= 4 is 27.5 Å². The van der Waals surface area contributed by atoms with Crippen molar-refractivity contribution in [3.63, 3.8) is 0 Å². The number of carbonyl (C=O) groups excluding carboxylic acids is 1. The van der Waals surface area contributed by atoms with E-state index in [1.807, 2.05) is 24.3 Å². The molecule has 1 aromatic carbocycles. The van der Waals surface area contributed by atoms with E-state index in [4.69, 9.17) is 4.74 Å². The summed E-state index contributed by atoms with van der Waals surface area (Å²) >= 11 is 1.14. The summed E-state index contributed by atoms with van der Waals surface area (Å²) in [5.74, 6) is -0.110. The summed E-state index contributed by atoms with van der Waals surface area (Å²) < 4.78 is 33.3. The summed E-state index contributed by atoms with van der Waals surface area (Å²) in [6, 6.07) is 9.24. The Bertz CT molecular complexity index is 830. The van der Waals surface area contributed by atoms with Crippen LogP contribution in [-0.2, 0) is 23.2 Å². The Morgan fingerprint density at radius 2 is 2.04 bits per heavy atom. The molecule has 1 aliphatic rings. The van der Waals surface area contributed by atoms with Gasteiger partial charge in [0.15, 0.2) is 0 Å². The predicted molar refractivity (Wildman–Crippen MR) is 87.8 cm³/mol. The van der Waals surface area contributed by atoms with Crippen molar-refractivity contribution in [2.24, 2.45) is 0 Å². The maximum Gasteiger partial charge on any atom is 0.304 e. The van der Waals surface area contributed by atoms with Crippen LogP contribution in [-0.4, -0.2) is 32.3 Å². The molecule has 1 amide bonds. The van der Waals surface area contributed by atoms with Gasteiger partial charge in [0, 0.05) is 24.5 Å². The van der Waals surface area contributed by atoms with Gasteiger partial charge in [0.25, 0.3) is 5.91 Å². The minimum absolute atomic E-state index is 0.270. The molecule has 0 bridgehead atoms. The van der Waals surface area contributed by atoms with Gasteiger partial charge in [-0.2, -0.15) is 12.7 Å². The number of nitrogens with zero attached hydrogens (tertiary/aromatic N) is 1. The van der Waals surface area contributed by atoms with Crippen molar-refractivity contribution in [1.82, 2.24) is 9.03 Å². The maximum absolute atomic E-state index is 12.4. The van der Waals surface area contributed by atoms with Gasteiger partial charge in [-0.3, -0.25) is 4.79 Å². The van der Waals surface area contributed by atoms with Crippen LogP contribution in [0.5, 0.6) is 5.75 Å². The van der Waals surface area contributed by atoms with Gasteiger partial charge in [0.2, 0.25) is 0 Å². The van der Waals surface area contributed by atoms with E-state index in [1.165, 1.54) is 17.5 Å². The number of benzene rings is 1. The lowest BCUT2D eigenvalue weighted by molar-refractivity contribution is 0.0982. The van der Waals surface area contributed by atoms with E-state index in [-0.39, 0.29) is 6.54 Å². The lowest BCUT2D eigenvalue weighted by Crippen LogP contribution is -2.45. The van der Waals surface area contributed by atoms with Crippen LogP contribution in [0.3, 0.4) is 0 Å². The summed E-state index contributed by atoms with van der Waals surface area (Å²) in [6.45, 7) is 0.625. The van der Waals surface area contributed by atoms with E-state index in [2.05, 4.69) is 4.72 Å². The van der Waals surface area contributed by atoms with Gasteiger partial charge in [-0.15, -0.1) is 11.3 Å². The standard InChI is InChI=1S/C15H16N2O4S2/c1-21-13-8-14(22-10-13)15(18)16-23(19,20)17-7-6-11-4-2-3-5-12(11)9-17/h2-5,8,10H,6-7,9H2,1H3,(H,16,18). The monoisotopic (exact) mass is 352 g/mol. The first-order valence-corrected chi connectivity index (χ1v) is 9.33. The molecular weight excluding hydrogens is 336 g/mol. The van der Waals surface area contributed by atoms with Crippen LogP contribution in [0.15, 0.2) is 35.7 Å². The predicted octanol–water partition coefficient (Wildman–Crippen LogP) is 1.79. The summed E-state index contributed by atoms with van der Waals surface area (Å²) in [5.41, 5.74) is 2.11. The topological polar surface area (TPSA) is 75.7 Å². The fraction of sp³-hybridized carbons (Fsp3) is 0.267. The average Bonchev–Trinajstić information content (AvgIpc) is 3.03. The highest BCUT2D eigenvalue weighted by Crippen LogP contribution is 2.23. The highest BCUT2D eigenvalue weighted by atomic mass is 32.2. The van der Waals surface area contributed by atoms with Gasteiger partial charge in [-0.1, -0.05) is 24.3 Å². The zero-order valence-electron chi connectivity index (χ0n) is 12.5. The van der Waals surface area contributed by atoms with Gasteiger partial charge < -0.3 is 4.74 Å². The molecule has 0 saturated heterocycles. The quantitative estimate of drug-likeness (QED) is 0.910. The molecule has 8 heteroatoms. The number of hydrogen-bond acceptors (Lipinski definition) is 5. The maximum atomic E-state index is 12.4. The highest BCUT2D eigenvalue weighted by molar-refractivity contribution is 7.87. The van der Waals surface area contributed by atoms with Crippen LogP contribution >= 0.6 is 11.3 Å². The van der Waals surface area contributed by atoms with E-state index in [0.29, 0.717) is 23.6 Å². The van der Waals surface area contributed by atoms with E-state index in [9.17, 15) is 13.2 Å². The molecule has 0 unspecified atom stereocenters. The first-order valence-electron chi connectivity index (χ1n) is 7.01. The minimum Gasteiger partial charge on any atom is -0.496 e. The molecule has 0 aliphatic carbocycles. The second kappa shape index (κ2) is 6.31. The van der Waals surface area contributed by atoms with Crippen molar-refractivity contribution in [3.8, 4) is 5.75 Å². The van der Waals surface area contributed by atoms with Crippen molar-refractivity contribution in [3.05, 3.63) is 51.7 Å². The van der Waals surface area contributed by atoms with Crippen LogP contribution in [0.2, 0.25) is 0 Å². The molecule has 0 atom stereocenters. The molecule has 0 radical (unpaired) electrons. The lowest BCUT2D eigenvalue weighted by Gasteiger charge is -2.27. The zero-order valence-corrected chi connectivity index (χ0v) is 14.1. The fourth-order valence-electron chi connectivity index (χ4n) is 2.45. The average molecular weight is 352 g/mol. The largest absolute Gasteiger partial charge is 0.496 e. The number of hydrogen-bond donors (Lipinski definition) is 1. The van der Waals surface area contributed by atoms with Crippen LogP contribution in [0.1, 0.15) is 20.8 Å². The SMILES string of the molecule is COc1csc(C(=O)NS(=O)(=O)N2CCc3ccccc3C2)c1. The number of fused-ring (bicyclic) bond motifs is 1. The molecule has 0 spiro atoms. The number of rotatable bonds is 4. The molecule has 0 fully saturated rings. The Kier molecular flexibility index (Phi) is 4.38. The molecule has 2 aromatic rings. The van der Waals surface area contributed by atoms with Gasteiger partial charge in [0.05, 0.1) is 12.0 Å². The molecule has 1 N–H and O–H groups in total. The number of carbonyl (C=O) groups is 1. The minimum atomic E-state index is -3.87.